The lowest BCUT2D eigenvalue weighted by Crippen LogP contribution is -2.64. The van der Waals surface area contributed by atoms with Crippen molar-refractivity contribution in [2.24, 2.45) is 5.92 Å². The summed E-state index contributed by atoms with van der Waals surface area (Å²) in [5.41, 5.74) is 0.976. The fraction of sp³-hybridized carbons (Fsp3) is 0.700. The zero-order chi connectivity index (χ0) is 20.6. The van der Waals surface area contributed by atoms with Gasteiger partial charge >= 0.3 is 0 Å². The van der Waals surface area contributed by atoms with Crippen molar-refractivity contribution in [1.82, 2.24) is 0 Å². The lowest BCUT2D eigenvalue weighted by Gasteiger charge is -2.44. The summed E-state index contributed by atoms with van der Waals surface area (Å²) in [6.07, 6.45) is -2.06. The van der Waals surface area contributed by atoms with E-state index < -0.39 is 42.2 Å². The zero-order valence-electron chi connectivity index (χ0n) is 16.5. The molecule has 160 valence electrons. The summed E-state index contributed by atoms with van der Waals surface area (Å²) in [7, 11) is 0. The maximum atomic E-state index is 12.1. The number of aliphatic hydroxyl groups is 1. The molecule has 6 atom stereocenters. The first-order valence-corrected chi connectivity index (χ1v) is 12.0. The average Bonchev–Trinajstić information content (AvgIpc) is 3.02. The number of ether oxygens (including phenoxy) is 3. The van der Waals surface area contributed by atoms with Crippen LogP contribution in [-0.4, -0.2) is 62.4 Å². The molecule has 0 bridgehead atoms. The predicted molar refractivity (Wildman–Crippen MR) is 112 cm³/mol. The summed E-state index contributed by atoms with van der Waals surface area (Å²) in [5.74, 6) is 0.356. The van der Waals surface area contributed by atoms with Gasteiger partial charge in [-0.15, -0.1) is 23.5 Å². The third-order valence-electron chi connectivity index (χ3n) is 5.65. The molecule has 4 rings (SSSR count). The van der Waals surface area contributed by atoms with Crippen molar-refractivity contribution in [3.05, 3.63) is 46.0 Å². The van der Waals surface area contributed by atoms with E-state index in [1.54, 1.807) is 37.4 Å². The van der Waals surface area contributed by atoms with Gasteiger partial charge in [0.05, 0.1) is 23.2 Å². The van der Waals surface area contributed by atoms with E-state index in [2.05, 4.69) is 0 Å². The second-order valence-corrected chi connectivity index (χ2v) is 10.9. The van der Waals surface area contributed by atoms with E-state index in [4.69, 9.17) is 14.2 Å². The van der Waals surface area contributed by atoms with E-state index >= 15 is 0 Å². The number of hydrogen-bond acceptors (Lipinski definition) is 8. The fourth-order valence-electron chi connectivity index (χ4n) is 4.44. The molecule has 1 saturated carbocycles. The minimum atomic E-state index is -1.03. The van der Waals surface area contributed by atoms with Gasteiger partial charge in [-0.2, -0.15) is 0 Å². The van der Waals surface area contributed by atoms with Crippen molar-refractivity contribution < 1.29 is 24.2 Å². The standard InChI is InChI=1S/C20H27NO6S2/c1-20(2)26-16-14(21(23)24)13(19-28-9-6-10-29-19)15(22)17(18(16)27-20)25-11-12-7-4-3-5-8-12/h3-5,7-8,13-19,22H,6,9-11H2,1-2H3/t13-,14-,15+,16-,17-,18-/m0/s1. The van der Waals surface area contributed by atoms with E-state index in [9.17, 15) is 15.2 Å². The minimum Gasteiger partial charge on any atom is -0.390 e. The molecule has 1 aromatic rings. The Kier molecular flexibility index (Phi) is 6.44. The molecule has 0 radical (unpaired) electrons. The second kappa shape index (κ2) is 8.72. The number of aliphatic hydroxyl groups excluding tert-OH is 1. The summed E-state index contributed by atoms with van der Waals surface area (Å²) in [5, 5.41) is 23.4. The van der Waals surface area contributed by atoms with Gasteiger partial charge in [-0.1, -0.05) is 30.3 Å². The van der Waals surface area contributed by atoms with Crippen molar-refractivity contribution in [3.8, 4) is 0 Å². The van der Waals surface area contributed by atoms with Gasteiger partial charge in [0, 0.05) is 4.92 Å². The maximum Gasteiger partial charge on any atom is 0.248 e. The fourth-order valence-corrected chi connectivity index (χ4v) is 7.76. The minimum absolute atomic E-state index is 0.0646. The molecule has 3 fully saturated rings. The van der Waals surface area contributed by atoms with E-state index in [0.717, 1.165) is 23.5 Å². The number of nitrogens with zero attached hydrogens (tertiary/aromatic N) is 1. The maximum absolute atomic E-state index is 12.1. The van der Waals surface area contributed by atoms with Gasteiger partial charge in [0.25, 0.3) is 0 Å². The normalized spacial score (nSPS) is 37.2. The van der Waals surface area contributed by atoms with Crippen LogP contribution in [0.5, 0.6) is 0 Å². The molecule has 29 heavy (non-hydrogen) atoms. The van der Waals surface area contributed by atoms with Crippen LogP contribution in [0.4, 0.5) is 0 Å². The highest BCUT2D eigenvalue weighted by Crippen LogP contribution is 2.48. The SMILES string of the molecule is CC1(C)O[C@H]2[C@@H](O1)[C@@H]([N+](=O)[O-])[C@H](C1SCCCS1)[C@@H](O)[C@@H]2OCc1ccccc1. The molecule has 9 heteroatoms. The summed E-state index contributed by atoms with van der Waals surface area (Å²) in [6.45, 7) is 3.81. The largest absolute Gasteiger partial charge is 0.390 e. The Balaban J connectivity index is 1.63. The highest BCUT2D eigenvalue weighted by atomic mass is 32.2. The van der Waals surface area contributed by atoms with Gasteiger partial charge in [0.1, 0.15) is 12.2 Å². The molecule has 1 aliphatic carbocycles. The molecule has 3 aliphatic rings. The van der Waals surface area contributed by atoms with Gasteiger partial charge in [0.2, 0.25) is 6.04 Å². The highest BCUT2D eigenvalue weighted by molar-refractivity contribution is 8.17. The Morgan fingerprint density at radius 1 is 1.21 bits per heavy atom. The molecule has 2 heterocycles. The average molecular weight is 442 g/mol. The molecular weight excluding hydrogens is 414 g/mol. The molecule has 1 aromatic carbocycles. The van der Waals surface area contributed by atoms with Crippen molar-refractivity contribution >= 4 is 23.5 Å². The molecule has 0 spiro atoms. The van der Waals surface area contributed by atoms with Crippen LogP contribution in [0.1, 0.15) is 25.8 Å². The van der Waals surface area contributed by atoms with E-state index in [0.29, 0.717) is 6.61 Å². The van der Waals surface area contributed by atoms with Gasteiger partial charge in [0.15, 0.2) is 11.9 Å². The van der Waals surface area contributed by atoms with E-state index in [-0.39, 0.29) is 9.51 Å². The Morgan fingerprint density at radius 2 is 1.86 bits per heavy atom. The molecule has 2 saturated heterocycles. The number of rotatable bonds is 5. The highest BCUT2D eigenvalue weighted by Gasteiger charge is 2.64. The van der Waals surface area contributed by atoms with Crippen LogP contribution in [0.2, 0.25) is 0 Å². The first-order chi connectivity index (χ1) is 13.9. The lowest BCUT2D eigenvalue weighted by molar-refractivity contribution is -0.552. The predicted octanol–water partition coefficient (Wildman–Crippen LogP) is 2.92. The Hall–Kier alpha value is -0.840. The third-order valence-corrected chi connectivity index (χ3v) is 8.80. The number of fused-ring (bicyclic) bond motifs is 1. The molecule has 2 aliphatic heterocycles. The number of benzene rings is 1. The molecule has 0 aromatic heterocycles. The molecule has 0 amide bonds. The number of hydrogen-bond donors (Lipinski definition) is 1. The van der Waals surface area contributed by atoms with Crippen LogP contribution < -0.4 is 0 Å². The Labute approximate surface area is 179 Å². The molecule has 7 nitrogen and oxygen atoms in total. The third kappa shape index (κ3) is 4.45. The van der Waals surface area contributed by atoms with Gasteiger partial charge < -0.3 is 19.3 Å². The van der Waals surface area contributed by atoms with Crippen LogP contribution in [0.3, 0.4) is 0 Å². The lowest BCUT2D eigenvalue weighted by atomic mass is 9.77. The summed E-state index contributed by atoms with van der Waals surface area (Å²) in [4.78, 5) is 11.8. The van der Waals surface area contributed by atoms with Crippen LogP contribution in [-0.2, 0) is 20.8 Å². The van der Waals surface area contributed by atoms with Crippen molar-refractivity contribution in [2.75, 3.05) is 11.5 Å². The van der Waals surface area contributed by atoms with Crippen molar-refractivity contribution in [3.63, 3.8) is 0 Å². The second-order valence-electron chi connectivity index (χ2n) is 8.13. The quantitative estimate of drug-likeness (QED) is 0.551. The number of thioether (sulfide) groups is 2. The molecular formula is C20H27NO6S2. The smallest absolute Gasteiger partial charge is 0.248 e. The van der Waals surface area contributed by atoms with Crippen LogP contribution in [0.15, 0.2) is 30.3 Å². The van der Waals surface area contributed by atoms with Crippen molar-refractivity contribution in [2.45, 2.75) is 67.7 Å². The van der Waals surface area contributed by atoms with Crippen LogP contribution in [0.25, 0.3) is 0 Å². The van der Waals surface area contributed by atoms with Gasteiger partial charge in [-0.25, -0.2) is 0 Å². The first-order valence-electron chi connectivity index (χ1n) is 9.93. The van der Waals surface area contributed by atoms with E-state index in [1.165, 1.54) is 0 Å². The number of nitro groups is 1. The van der Waals surface area contributed by atoms with Crippen LogP contribution in [0, 0.1) is 16.0 Å². The van der Waals surface area contributed by atoms with Gasteiger partial charge in [-0.05, 0) is 37.3 Å². The Bertz CT molecular complexity index is 714. The topological polar surface area (TPSA) is 91.1 Å². The Morgan fingerprint density at radius 3 is 2.52 bits per heavy atom. The van der Waals surface area contributed by atoms with E-state index in [1.807, 2.05) is 30.3 Å². The first kappa shape index (κ1) is 21.4. The molecule has 0 unspecified atom stereocenters. The zero-order valence-corrected chi connectivity index (χ0v) is 18.1. The molecule has 1 N–H and O–H groups in total. The summed E-state index contributed by atoms with van der Waals surface area (Å²) >= 11 is 3.38. The summed E-state index contributed by atoms with van der Waals surface area (Å²) < 4.78 is 18.1. The van der Waals surface area contributed by atoms with Crippen molar-refractivity contribution in [1.29, 1.82) is 0 Å². The van der Waals surface area contributed by atoms with Crippen LogP contribution >= 0.6 is 23.5 Å². The summed E-state index contributed by atoms with van der Waals surface area (Å²) in [6, 6.07) is 8.66. The van der Waals surface area contributed by atoms with Gasteiger partial charge in [-0.3, -0.25) is 10.1 Å². The monoisotopic (exact) mass is 441 g/mol.